The van der Waals surface area contributed by atoms with Crippen LogP contribution in [0, 0.1) is 6.92 Å². The summed E-state index contributed by atoms with van der Waals surface area (Å²) in [7, 11) is 0. The predicted octanol–water partition coefficient (Wildman–Crippen LogP) is 2.22. The van der Waals surface area contributed by atoms with Gasteiger partial charge in [0.1, 0.15) is 0 Å². The molecule has 2 aromatic heterocycles. The zero-order chi connectivity index (χ0) is 15.5. The third kappa shape index (κ3) is 2.90. The molecule has 0 spiro atoms. The smallest absolute Gasteiger partial charge is 0.289 e. The lowest BCUT2D eigenvalue weighted by molar-refractivity contribution is 0.0665. The molecule has 0 radical (unpaired) electrons. The van der Waals surface area contributed by atoms with Crippen molar-refractivity contribution in [2.45, 2.75) is 25.8 Å². The first-order valence-electron chi connectivity index (χ1n) is 7.33. The number of likely N-dealkylation sites (tertiary alicyclic amines) is 1. The molecular formula is C16H18N2O4. The number of hydrogen-bond acceptors (Lipinski definition) is 4. The van der Waals surface area contributed by atoms with E-state index in [4.69, 9.17) is 8.83 Å². The van der Waals surface area contributed by atoms with Crippen LogP contribution in [0.4, 0.5) is 0 Å². The summed E-state index contributed by atoms with van der Waals surface area (Å²) in [5, 5.41) is 2.96. The monoisotopic (exact) mass is 302 g/mol. The van der Waals surface area contributed by atoms with Crippen LogP contribution >= 0.6 is 0 Å². The summed E-state index contributed by atoms with van der Waals surface area (Å²) in [5.41, 5.74) is 0.822. The van der Waals surface area contributed by atoms with Crippen molar-refractivity contribution in [3.8, 4) is 0 Å². The lowest BCUT2D eigenvalue weighted by atomic mass is 10.0. The Kier molecular flexibility index (Phi) is 4.00. The van der Waals surface area contributed by atoms with Crippen molar-refractivity contribution in [1.82, 2.24) is 10.2 Å². The molecule has 2 amide bonds. The first kappa shape index (κ1) is 14.4. The van der Waals surface area contributed by atoms with E-state index < -0.39 is 0 Å². The molecule has 0 atom stereocenters. The summed E-state index contributed by atoms with van der Waals surface area (Å²) in [6.07, 6.45) is 4.44. The van der Waals surface area contributed by atoms with E-state index in [-0.39, 0.29) is 17.9 Å². The number of piperidine rings is 1. The van der Waals surface area contributed by atoms with Gasteiger partial charge in [-0.3, -0.25) is 9.59 Å². The average Bonchev–Trinajstić information content (AvgIpc) is 3.18. The van der Waals surface area contributed by atoms with Gasteiger partial charge in [-0.1, -0.05) is 0 Å². The molecule has 3 rings (SSSR count). The average molecular weight is 302 g/mol. The Balaban J connectivity index is 1.53. The first-order valence-corrected chi connectivity index (χ1v) is 7.33. The van der Waals surface area contributed by atoms with Gasteiger partial charge in [-0.05, 0) is 38.0 Å². The van der Waals surface area contributed by atoms with Gasteiger partial charge >= 0.3 is 0 Å². The Morgan fingerprint density at radius 3 is 2.55 bits per heavy atom. The third-order valence-electron chi connectivity index (χ3n) is 3.92. The molecule has 0 aliphatic carbocycles. The van der Waals surface area contributed by atoms with Gasteiger partial charge in [-0.15, -0.1) is 0 Å². The maximum absolute atomic E-state index is 12.2. The van der Waals surface area contributed by atoms with Gasteiger partial charge in [0.2, 0.25) is 0 Å². The molecule has 1 N–H and O–H groups in total. The number of aryl methyl sites for hydroxylation is 1. The van der Waals surface area contributed by atoms with Gasteiger partial charge in [0, 0.05) is 24.7 Å². The Hall–Kier alpha value is -2.50. The number of nitrogens with one attached hydrogen (secondary N) is 1. The summed E-state index contributed by atoms with van der Waals surface area (Å²) >= 11 is 0. The molecule has 1 aliphatic rings. The van der Waals surface area contributed by atoms with Crippen molar-refractivity contribution in [3.63, 3.8) is 0 Å². The number of carbonyl (C=O) groups excluding carboxylic acids is 2. The minimum absolute atomic E-state index is 0.0534. The highest BCUT2D eigenvalue weighted by Crippen LogP contribution is 2.16. The van der Waals surface area contributed by atoms with E-state index in [9.17, 15) is 9.59 Å². The number of amides is 2. The van der Waals surface area contributed by atoms with E-state index in [2.05, 4.69) is 5.32 Å². The summed E-state index contributed by atoms with van der Waals surface area (Å²) < 4.78 is 10.3. The Labute approximate surface area is 128 Å². The number of rotatable bonds is 3. The summed E-state index contributed by atoms with van der Waals surface area (Å²) in [5.74, 6) is 0.415. The number of furan rings is 2. The standard InChI is InChI=1S/C16H18N2O4/c1-11-6-10-22-14(11)15(19)17-12-4-7-18(8-5-12)16(20)13-3-2-9-21-13/h2-3,6,9-10,12H,4-5,7-8H2,1H3,(H,17,19). The van der Waals surface area contributed by atoms with Crippen molar-refractivity contribution < 1.29 is 18.4 Å². The van der Waals surface area contributed by atoms with Crippen LogP contribution in [0.25, 0.3) is 0 Å². The predicted molar refractivity (Wildman–Crippen MR) is 78.5 cm³/mol. The largest absolute Gasteiger partial charge is 0.459 e. The van der Waals surface area contributed by atoms with Crippen LogP contribution in [0.15, 0.2) is 39.6 Å². The van der Waals surface area contributed by atoms with Crippen LogP contribution < -0.4 is 5.32 Å². The van der Waals surface area contributed by atoms with Crippen LogP contribution in [-0.4, -0.2) is 35.8 Å². The molecule has 0 saturated carbocycles. The van der Waals surface area contributed by atoms with Crippen molar-refractivity contribution in [3.05, 3.63) is 47.8 Å². The molecule has 3 heterocycles. The number of nitrogens with zero attached hydrogens (tertiary/aromatic N) is 1. The molecule has 1 fully saturated rings. The van der Waals surface area contributed by atoms with Crippen LogP contribution in [-0.2, 0) is 0 Å². The van der Waals surface area contributed by atoms with E-state index >= 15 is 0 Å². The molecule has 1 aliphatic heterocycles. The fourth-order valence-electron chi connectivity index (χ4n) is 2.64. The summed E-state index contributed by atoms with van der Waals surface area (Å²) in [6, 6.07) is 5.18. The van der Waals surface area contributed by atoms with E-state index in [0.717, 1.165) is 18.4 Å². The molecule has 1 saturated heterocycles. The zero-order valence-electron chi connectivity index (χ0n) is 12.4. The van der Waals surface area contributed by atoms with Crippen LogP contribution in [0.5, 0.6) is 0 Å². The number of carbonyl (C=O) groups is 2. The van der Waals surface area contributed by atoms with Crippen molar-refractivity contribution >= 4 is 11.8 Å². The highest BCUT2D eigenvalue weighted by molar-refractivity contribution is 5.93. The first-order chi connectivity index (χ1) is 10.6. The number of hydrogen-bond donors (Lipinski definition) is 1. The molecule has 6 heteroatoms. The molecule has 2 aromatic rings. The van der Waals surface area contributed by atoms with E-state index in [1.54, 1.807) is 23.1 Å². The molecule has 0 aromatic carbocycles. The van der Waals surface area contributed by atoms with Crippen molar-refractivity contribution in [2.24, 2.45) is 0 Å². The van der Waals surface area contributed by atoms with E-state index in [1.807, 2.05) is 6.92 Å². The SMILES string of the molecule is Cc1ccoc1C(=O)NC1CCN(C(=O)c2ccco2)CC1. The van der Waals surface area contributed by atoms with Gasteiger partial charge in [0.25, 0.3) is 11.8 Å². The van der Waals surface area contributed by atoms with Gasteiger partial charge in [0.15, 0.2) is 11.5 Å². The second-order valence-electron chi connectivity index (χ2n) is 5.45. The second-order valence-corrected chi connectivity index (χ2v) is 5.45. The minimum atomic E-state index is -0.196. The fraction of sp³-hybridized carbons (Fsp3) is 0.375. The normalized spacial score (nSPS) is 15.8. The van der Waals surface area contributed by atoms with Crippen LogP contribution in [0.2, 0.25) is 0 Å². The molecule has 22 heavy (non-hydrogen) atoms. The topological polar surface area (TPSA) is 75.7 Å². The fourth-order valence-corrected chi connectivity index (χ4v) is 2.64. The van der Waals surface area contributed by atoms with E-state index in [1.165, 1.54) is 12.5 Å². The lowest BCUT2D eigenvalue weighted by Crippen LogP contribution is -2.46. The highest BCUT2D eigenvalue weighted by Gasteiger charge is 2.26. The molecule has 6 nitrogen and oxygen atoms in total. The minimum Gasteiger partial charge on any atom is -0.459 e. The molecule has 0 unspecified atom stereocenters. The third-order valence-corrected chi connectivity index (χ3v) is 3.92. The van der Waals surface area contributed by atoms with Gasteiger partial charge in [0.05, 0.1) is 12.5 Å². The molecule has 0 bridgehead atoms. The van der Waals surface area contributed by atoms with Crippen LogP contribution in [0.1, 0.15) is 39.5 Å². The van der Waals surface area contributed by atoms with Gasteiger partial charge in [-0.2, -0.15) is 0 Å². The van der Waals surface area contributed by atoms with Gasteiger partial charge in [-0.25, -0.2) is 0 Å². The lowest BCUT2D eigenvalue weighted by Gasteiger charge is -2.31. The van der Waals surface area contributed by atoms with Gasteiger partial charge < -0.3 is 19.1 Å². The molecule has 116 valence electrons. The second kappa shape index (κ2) is 6.09. The van der Waals surface area contributed by atoms with Crippen LogP contribution in [0.3, 0.4) is 0 Å². The Bertz CT molecular complexity index is 652. The Morgan fingerprint density at radius 1 is 1.18 bits per heavy atom. The van der Waals surface area contributed by atoms with Crippen molar-refractivity contribution in [2.75, 3.05) is 13.1 Å². The van der Waals surface area contributed by atoms with E-state index in [0.29, 0.717) is 24.6 Å². The summed E-state index contributed by atoms with van der Waals surface area (Å²) in [6.45, 7) is 3.03. The summed E-state index contributed by atoms with van der Waals surface area (Å²) in [4.78, 5) is 26.0. The maximum atomic E-state index is 12.2. The molecular weight excluding hydrogens is 284 g/mol. The Morgan fingerprint density at radius 2 is 1.95 bits per heavy atom. The highest BCUT2D eigenvalue weighted by atomic mass is 16.3. The quantitative estimate of drug-likeness (QED) is 0.943. The van der Waals surface area contributed by atoms with Crippen molar-refractivity contribution in [1.29, 1.82) is 0 Å². The maximum Gasteiger partial charge on any atom is 0.289 e. The zero-order valence-corrected chi connectivity index (χ0v) is 12.4.